The van der Waals surface area contributed by atoms with Gasteiger partial charge in [0, 0.05) is 18.9 Å². The van der Waals surface area contributed by atoms with Gasteiger partial charge in [-0.2, -0.15) is 0 Å². The Morgan fingerprint density at radius 2 is 1.27 bits per heavy atom. The Kier molecular flexibility index (Phi) is 10.5. The van der Waals surface area contributed by atoms with E-state index in [1.165, 1.54) is 0 Å². The summed E-state index contributed by atoms with van der Waals surface area (Å²) in [6.45, 7) is 4.23. The second kappa shape index (κ2) is 14.3. The minimum absolute atomic E-state index is 0.365. The average Bonchev–Trinajstić information content (AvgIpc) is 2.93. The van der Waals surface area contributed by atoms with Crippen molar-refractivity contribution in [2.75, 3.05) is 20.3 Å². The molecule has 1 aliphatic rings. The minimum atomic E-state index is -0.473. The molecule has 0 unspecified atom stereocenters. The molecule has 0 spiro atoms. The van der Waals surface area contributed by atoms with Crippen molar-refractivity contribution in [3.63, 3.8) is 0 Å². The number of allylic oxidation sites excluding steroid dienone is 4. The molecule has 0 N–H and O–H groups in total. The highest BCUT2D eigenvalue weighted by Crippen LogP contribution is 2.23. The largest absolute Gasteiger partial charge is 0.497 e. The van der Waals surface area contributed by atoms with Crippen LogP contribution in [0.1, 0.15) is 52.8 Å². The summed E-state index contributed by atoms with van der Waals surface area (Å²) in [5.41, 5.74) is 0.819. The Labute approximate surface area is 216 Å². The lowest BCUT2D eigenvalue weighted by Gasteiger charge is -2.15. The van der Waals surface area contributed by atoms with E-state index in [9.17, 15) is 14.4 Å². The summed E-state index contributed by atoms with van der Waals surface area (Å²) in [6.07, 6.45) is 7.71. The normalized spacial score (nSPS) is 12.5. The number of carbonyl (C=O) groups is 3. The van der Waals surface area contributed by atoms with Crippen molar-refractivity contribution >= 4 is 17.9 Å². The fraction of sp³-hybridized carbons (Fsp3) is 0.276. The summed E-state index contributed by atoms with van der Waals surface area (Å²) in [5, 5.41) is 0. The fourth-order valence-corrected chi connectivity index (χ4v) is 3.34. The van der Waals surface area contributed by atoms with E-state index >= 15 is 0 Å². The molecule has 0 heterocycles. The van der Waals surface area contributed by atoms with Crippen LogP contribution in [0.5, 0.6) is 11.5 Å². The van der Waals surface area contributed by atoms with Crippen LogP contribution >= 0.6 is 0 Å². The molecule has 0 saturated heterocycles. The molecule has 3 rings (SSSR count). The number of unbranched alkanes of at least 4 members (excludes halogenated alkanes) is 2. The van der Waals surface area contributed by atoms with Gasteiger partial charge in [0.25, 0.3) is 0 Å². The second-order valence-corrected chi connectivity index (χ2v) is 8.08. The minimum Gasteiger partial charge on any atom is -0.497 e. The predicted molar refractivity (Wildman–Crippen MR) is 136 cm³/mol. The van der Waals surface area contributed by atoms with E-state index in [1.54, 1.807) is 67.8 Å². The van der Waals surface area contributed by atoms with Crippen molar-refractivity contribution in [3.05, 3.63) is 96.0 Å². The van der Waals surface area contributed by atoms with Crippen LogP contribution in [-0.2, 0) is 19.0 Å². The molecule has 0 aliphatic heterocycles. The Morgan fingerprint density at radius 1 is 0.757 bits per heavy atom. The topological polar surface area (TPSA) is 97.4 Å². The van der Waals surface area contributed by atoms with Gasteiger partial charge in [-0.25, -0.2) is 14.4 Å². The first-order valence-electron chi connectivity index (χ1n) is 12.0. The number of carbonyl (C=O) groups excluding carboxylic acids is 3. The Balaban J connectivity index is 1.39. The van der Waals surface area contributed by atoms with Crippen molar-refractivity contribution in [3.8, 4) is 11.5 Å². The number of benzene rings is 2. The van der Waals surface area contributed by atoms with Gasteiger partial charge < -0.3 is 23.7 Å². The van der Waals surface area contributed by atoms with Gasteiger partial charge in [-0.3, -0.25) is 0 Å². The number of hydrogen-bond donors (Lipinski definition) is 0. The summed E-state index contributed by atoms with van der Waals surface area (Å²) in [7, 11) is 1.56. The number of rotatable bonds is 13. The van der Waals surface area contributed by atoms with E-state index in [4.69, 9.17) is 23.7 Å². The standard InChI is InChI=1S/C29H30O8/c1-3-27(30)35-20-6-4-5-19-34-24-13-9-22(10-14-24)29(32)37-26-17-15-25(16-18-26)36-28(31)21-7-11-23(33-2)12-8-21/h3,7-15,17H,1,4-6,16,18-20H2,2H3. The molecular weight excluding hydrogens is 476 g/mol. The molecule has 0 bridgehead atoms. The molecule has 0 amide bonds. The highest BCUT2D eigenvalue weighted by molar-refractivity contribution is 5.91. The van der Waals surface area contributed by atoms with Crippen molar-refractivity contribution in [1.82, 2.24) is 0 Å². The molecular formula is C29H30O8. The summed E-state index contributed by atoms with van der Waals surface area (Å²) in [5.74, 6) is 0.952. The first-order valence-corrected chi connectivity index (χ1v) is 12.0. The number of hydrogen-bond acceptors (Lipinski definition) is 8. The molecule has 37 heavy (non-hydrogen) atoms. The molecule has 0 fully saturated rings. The molecule has 0 aromatic heterocycles. The van der Waals surface area contributed by atoms with Crippen LogP contribution in [0.15, 0.2) is 84.9 Å². The summed E-state index contributed by atoms with van der Waals surface area (Å²) in [6, 6.07) is 13.4. The maximum atomic E-state index is 12.5. The van der Waals surface area contributed by atoms with Gasteiger partial charge in [0.05, 0.1) is 31.5 Å². The van der Waals surface area contributed by atoms with E-state index < -0.39 is 17.9 Å². The molecule has 0 saturated carbocycles. The third-order valence-corrected chi connectivity index (χ3v) is 5.40. The second-order valence-electron chi connectivity index (χ2n) is 8.08. The van der Waals surface area contributed by atoms with Crippen LogP contribution in [0.3, 0.4) is 0 Å². The zero-order chi connectivity index (χ0) is 26.5. The number of esters is 3. The maximum absolute atomic E-state index is 12.5. The molecule has 0 atom stereocenters. The van der Waals surface area contributed by atoms with Crippen LogP contribution in [0.4, 0.5) is 0 Å². The Hall–Kier alpha value is -4.33. The molecule has 0 radical (unpaired) electrons. The highest BCUT2D eigenvalue weighted by atomic mass is 16.5. The van der Waals surface area contributed by atoms with E-state index in [0.717, 1.165) is 25.3 Å². The molecule has 8 heteroatoms. The third kappa shape index (κ3) is 9.00. The Morgan fingerprint density at radius 3 is 1.76 bits per heavy atom. The van der Waals surface area contributed by atoms with Crippen molar-refractivity contribution in [2.45, 2.75) is 32.1 Å². The van der Waals surface area contributed by atoms with E-state index in [1.807, 2.05) is 0 Å². The SMILES string of the molecule is C=CC(=O)OCCCCCOc1ccc(C(=O)OC2=CC=C(OC(=O)c3ccc(OC)cc3)CC2)cc1. The first kappa shape index (κ1) is 27.3. The van der Waals surface area contributed by atoms with Gasteiger partial charge in [-0.1, -0.05) is 6.58 Å². The zero-order valence-electron chi connectivity index (χ0n) is 20.8. The average molecular weight is 507 g/mol. The number of methoxy groups -OCH3 is 1. The lowest BCUT2D eigenvalue weighted by molar-refractivity contribution is -0.137. The fourth-order valence-electron chi connectivity index (χ4n) is 3.34. The summed E-state index contributed by atoms with van der Waals surface area (Å²) < 4.78 is 26.6. The molecule has 8 nitrogen and oxygen atoms in total. The molecule has 194 valence electrons. The zero-order valence-corrected chi connectivity index (χ0v) is 20.8. The smallest absolute Gasteiger partial charge is 0.343 e. The Bertz CT molecular complexity index is 1140. The maximum Gasteiger partial charge on any atom is 0.343 e. The van der Waals surface area contributed by atoms with Crippen LogP contribution in [0.2, 0.25) is 0 Å². The third-order valence-electron chi connectivity index (χ3n) is 5.40. The van der Waals surface area contributed by atoms with Gasteiger partial charge in [-0.15, -0.1) is 0 Å². The van der Waals surface area contributed by atoms with Gasteiger partial charge in [0.15, 0.2) is 0 Å². The predicted octanol–water partition coefficient (Wildman–Crippen LogP) is 5.55. The van der Waals surface area contributed by atoms with E-state index in [0.29, 0.717) is 60.2 Å². The monoisotopic (exact) mass is 506 g/mol. The van der Waals surface area contributed by atoms with E-state index in [-0.39, 0.29) is 0 Å². The molecule has 2 aromatic carbocycles. The van der Waals surface area contributed by atoms with Crippen LogP contribution < -0.4 is 9.47 Å². The lowest BCUT2D eigenvalue weighted by atomic mass is 10.1. The highest BCUT2D eigenvalue weighted by Gasteiger charge is 2.17. The quantitative estimate of drug-likeness (QED) is 0.151. The van der Waals surface area contributed by atoms with Gasteiger partial charge in [0.1, 0.15) is 23.0 Å². The van der Waals surface area contributed by atoms with Crippen LogP contribution in [0, 0.1) is 0 Å². The molecule has 2 aromatic rings. The molecule has 1 aliphatic carbocycles. The van der Waals surface area contributed by atoms with Crippen LogP contribution in [-0.4, -0.2) is 38.2 Å². The van der Waals surface area contributed by atoms with Crippen molar-refractivity contribution in [1.29, 1.82) is 0 Å². The van der Waals surface area contributed by atoms with Gasteiger partial charge in [0.2, 0.25) is 0 Å². The van der Waals surface area contributed by atoms with Gasteiger partial charge in [-0.05, 0) is 79.9 Å². The van der Waals surface area contributed by atoms with Crippen molar-refractivity contribution < 1.29 is 38.1 Å². The van der Waals surface area contributed by atoms with Gasteiger partial charge >= 0.3 is 17.9 Å². The summed E-state index contributed by atoms with van der Waals surface area (Å²) in [4.78, 5) is 35.8. The number of ether oxygens (including phenoxy) is 5. The van der Waals surface area contributed by atoms with Crippen LogP contribution in [0.25, 0.3) is 0 Å². The van der Waals surface area contributed by atoms with E-state index in [2.05, 4.69) is 6.58 Å². The first-order chi connectivity index (χ1) is 18.0. The lowest BCUT2D eigenvalue weighted by Crippen LogP contribution is -2.10. The summed E-state index contributed by atoms with van der Waals surface area (Å²) >= 11 is 0. The van der Waals surface area contributed by atoms with Crippen molar-refractivity contribution in [2.24, 2.45) is 0 Å².